The summed E-state index contributed by atoms with van der Waals surface area (Å²) in [6, 6.07) is 0. The Morgan fingerprint density at radius 2 is 1.00 bits per heavy atom. The largest absolute Gasteiger partial charge is 2.00 e. The van der Waals surface area contributed by atoms with Crippen molar-refractivity contribution < 1.29 is 19.2 Å². The van der Waals surface area contributed by atoms with Gasteiger partial charge in [0.25, 0.3) is 0 Å². The minimum Gasteiger partial charge on any atom is -0.303 e. The van der Waals surface area contributed by atoms with Gasteiger partial charge in [0.2, 0.25) is 0 Å². The van der Waals surface area contributed by atoms with Gasteiger partial charge in [-0.1, -0.05) is 0 Å². The smallest absolute Gasteiger partial charge is 0.303 e. The Kier molecular flexibility index (Phi) is 13.1. The first-order chi connectivity index (χ1) is 2.00. The Labute approximate surface area is 72.8 Å². The molecule has 0 atom stereocenters. The van der Waals surface area contributed by atoms with E-state index in [1.165, 1.54) is 0 Å². The average Bonchev–Trinajstić information content (AvgIpc) is 0.722. The quantitative estimate of drug-likeness (QED) is 0.282. The summed E-state index contributed by atoms with van der Waals surface area (Å²) in [7, 11) is -4.64. The van der Waals surface area contributed by atoms with Crippen LogP contribution in [0, 0.1) is 0 Å². The van der Waals surface area contributed by atoms with Crippen LogP contribution in [0.25, 0.3) is 0 Å². The molecule has 0 aliphatic rings. The molecule has 0 aliphatic carbocycles. The van der Waals surface area contributed by atoms with E-state index in [1.807, 2.05) is 0 Å². The molecule has 0 amide bonds. The van der Waals surface area contributed by atoms with Crippen molar-refractivity contribution in [2.45, 2.75) is 0 Å². The van der Waals surface area contributed by atoms with Gasteiger partial charge in [-0.25, -0.2) is 4.57 Å². The van der Waals surface area contributed by atoms with Crippen LogP contribution in [0.1, 0.15) is 0 Å². The molecule has 0 rings (SSSR count). The zero-order valence-electron chi connectivity index (χ0n) is 3.61. The summed E-state index contributed by atoms with van der Waals surface area (Å²) in [6.45, 7) is 0. The van der Waals surface area contributed by atoms with E-state index < -0.39 is 7.82 Å². The maximum atomic E-state index is 8.88. The van der Waals surface area contributed by atoms with Crippen molar-refractivity contribution in [1.82, 2.24) is 0 Å². The molecule has 0 saturated carbocycles. The third-order valence-corrected chi connectivity index (χ3v) is 0. The zero-order valence-corrected chi connectivity index (χ0v) is 7.33. The Hall–Kier alpha value is 1.64. The topological polar surface area (TPSA) is 77.8 Å². The molecule has 0 heterocycles. The third kappa shape index (κ3) is 90.2. The van der Waals surface area contributed by atoms with Crippen molar-refractivity contribution in [3.63, 3.8) is 0 Å². The van der Waals surface area contributed by atoms with E-state index in [-0.39, 0.29) is 46.1 Å². The first-order valence-corrected chi connectivity index (χ1v) is 2.35. The number of hydrogen-bond donors (Lipinski definition) is 3. The standard InChI is InChI=1S/2Mg.H3O4P/c;;1-5(2,3)4/h;;(H3,1,2,3,4)/q2*+2;. The van der Waals surface area contributed by atoms with E-state index in [1.54, 1.807) is 0 Å². The van der Waals surface area contributed by atoms with Gasteiger partial charge >= 0.3 is 53.9 Å². The molecule has 0 radical (unpaired) electrons. The van der Waals surface area contributed by atoms with Crippen LogP contribution in [-0.4, -0.2) is 60.8 Å². The molecule has 4 nitrogen and oxygen atoms in total. The van der Waals surface area contributed by atoms with Gasteiger partial charge in [0, 0.05) is 0 Å². The monoisotopic (exact) mass is 146 g/mol. The van der Waals surface area contributed by atoms with E-state index in [0.29, 0.717) is 0 Å². The minimum absolute atomic E-state index is 0. The fourth-order valence-corrected chi connectivity index (χ4v) is 0. The summed E-state index contributed by atoms with van der Waals surface area (Å²) in [4.78, 5) is 21.6. The van der Waals surface area contributed by atoms with Gasteiger partial charge in [0.15, 0.2) is 0 Å². The van der Waals surface area contributed by atoms with Gasteiger partial charge in [-0.2, -0.15) is 0 Å². The molecule has 0 aliphatic heterocycles. The predicted molar refractivity (Wildman–Crippen MR) is 25.8 cm³/mol. The molecule has 0 aromatic heterocycles. The van der Waals surface area contributed by atoms with Crippen LogP contribution in [0.2, 0.25) is 0 Å². The Bertz CT molecular complexity index is 55.8. The van der Waals surface area contributed by atoms with Gasteiger partial charge in [-0.05, 0) is 0 Å². The van der Waals surface area contributed by atoms with Crippen LogP contribution >= 0.6 is 7.82 Å². The number of hydrogen-bond acceptors (Lipinski definition) is 1. The van der Waals surface area contributed by atoms with E-state index in [2.05, 4.69) is 0 Å². The molecule has 0 unspecified atom stereocenters. The zero-order chi connectivity index (χ0) is 4.50. The van der Waals surface area contributed by atoms with Gasteiger partial charge in [-0.15, -0.1) is 0 Å². The first-order valence-electron chi connectivity index (χ1n) is 0.783. The van der Waals surface area contributed by atoms with Crippen LogP contribution in [0.4, 0.5) is 0 Å². The maximum Gasteiger partial charge on any atom is 2.00 e. The van der Waals surface area contributed by atoms with E-state index in [0.717, 1.165) is 0 Å². The molecular formula is H3Mg2O4P+4. The molecule has 3 N–H and O–H groups in total. The summed E-state index contributed by atoms with van der Waals surface area (Å²) >= 11 is 0. The Morgan fingerprint density at radius 1 is 1.00 bits per heavy atom. The molecule has 0 saturated heterocycles. The van der Waals surface area contributed by atoms with Gasteiger partial charge in [-0.3, -0.25) is 0 Å². The summed E-state index contributed by atoms with van der Waals surface area (Å²) in [6.07, 6.45) is 0. The third-order valence-electron chi connectivity index (χ3n) is 0. The van der Waals surface area contributed by atoms with Crippen molar-refractivity contribution in [2.24, 2.45) is 0 Å². The van der Waals surface area contributed by atoms with Crippen molar-refractivity contribution in [3.8, 4) is 0 Å². The van der Waals surface area contributed by atoms with Crippen LogP contribution in [-0.2, 0) is 4.57 Å². The normalized spacial score (nSPS) is 8.43. The van der Waals surface area contributed by atoms with Crippen LogP contribution in [0.5, 0.6) is 0 Å². The van der Waals surface area contributed by atoms with E-state index >= 15 is 0 Å². The predicted octanol–water partition coefficient (Wildman–Crippen LogP) is -1.69. The number of phosphoric acid groups is 1. The van der Waals surface area contributed by atoms with Crippen LogP contribution in [0.3, 0.4) is 0 Å². The van der Waals surface area contributed by atoms with E-state index in [4.69, 9.17) is 19.2 Å². The molecule has 0 bridgehead atoms. The van der Waals surface area contributed by atoms with Gasteiger partial charge in [0.05, 0.1) is 0 Å². The van der Waals surface area contributed by atoms with Crippen molar-refractivity contribution in [3.05, 3.63) is 0 Å². The van der Waals surface area contributed by atoms with Crippen molar-refractivity contribution in [2.75, 3.05) is 0 Å². The molecule has 0 aromatic carbocycles. The van der Waals surface area contributed by atoms with Gasteiger partial charge < -0.3 is 14.7 Å². The minimum atomic E-state index is -4.64. The SMILES string of the molecule is O=P(O)(O)O.[Mg+2].[Mg+2]. The summed E-state index contributed by atoms with van der Waals surface area (Å²) < 4.78 is 8.88. The van der Waals surface area contributed by atoms with E-state index in [9.17, 15) is 0 Å². The summed E-state index contributed by atoms with van der Waals surface area (Å²) in [5.41, 5.74) is 0. The molecule has 32 valence electrons. The van der Waals surface area contributed by atoms with Crippen molar-refractivity contribution >= 4 is 53.9 Å². The molecule has 7 heavy (non-hydrogen) atoms. The summed E-state index contributed by atoms with van der Waals surface area (Å²) in [5.74, 6) is 0. The second kappa shape index (κ2) is 5.77. The number of rotatable bonds is 0. The molecular weight excluding hydrogens is 144 g/mol. The Balaban J connectivity index is -0.0000000800. The molecule has 7 heteroatoms. The van der Waals surface area contributed by atoms with Crippen LogP contribution in [0.15, 0.2) is 0 Å². The van der Waals surface area contributed by atoms with Gasteiger partial charge in [0.1, 0.15) is 0 Å². The molecule has 0 spiro atoms. The fraction of sp³-hybridized carbons (Fsp3) is 0. The molecule has 0 fully saturated rings. The van der Waals surface area contributed by atoms with Crippen LogP contribution < -0.4 is 0 Å². The second-order valence-corrected chi connectivity index (χ2v) is 1.54. The average molecular weight is 147 g/mol. The maximum absolute atomic E-state index is 8.88. The second-order valence-electron chi connectivity index (χ2n) is 0.513. The molecule has 0 aromatic rings. The first kappa shape index (κ1) is 15.9. The fourth-order valence-electron chi connectivity index (χ4n) is 0. The summed E-state index contributed by atoms with van der Waals surface area (Å²) in [5, 5.41) is 0. The Morgan fingerprint density at radius 3 is 1.00 bits per heavy atom. The van der Waals surface area contributed by atoms with Crippen molar-refractivity contribution in [1.29, 1.82) is 0 Å².